The van der Waals surface area contributed by atoms with Crippen molar-refractivity contribution >= 4 is 12.1 Å². The third kappa shape index (κ3) is 9.23. The van der Waals surface area contributed by atoms with Gasteiger partial charge in [0.2, 0.25) is 5.91 Å². The van der Waals surface area contributed by atoms with Gasteiger partial charge in [0.25, 0.3) is 0 Å². The SMILES string of the molecule is CCC/C=N/NC(=O)CCCCCC. The second-order valence-electron chi connectivity index (χ2n) is 3.45. The zero-order chi connectivity index (χ0) is 10.6. The molecule has 1 N–H and O–H groups in total. The third-order valence-electron chi connectivity index (χ3n) is 1.96. The lowest BCUT2D eigenvalue weighted by Gasteiger charge is -1.98. The van der Waals surface area contributed by atoms with E-state index in [0.717, 1.165) is 25.7 Å². The number of nitrogens with one attached hydrogen (secondary N) is 1. The predicted molar refractivity (Wildman–Crippen MR) is 60.3 cm³/mol. The summed E-state index contributed by atoms with van der Waals surface area (Å²) in [5, 5.41) is 3.84. The van der Waals surface area contributed by atoms with Crippen LogP contribution in [0.3, 0.4) is 0 Å². The van der Waals surface area contributed by atoms with Crippen molar-refractivity contribution in [3.63, 3.8) is 0 Å². The minimum Gasteiger partial charge on any atom is -0.273 e. The first-order chi connectivity index (χ1) is 6.81. The maximum atomic E-state index is 11.1. The average Bonchev–Trinajstić information content (AvgIpc) is 2.19. The molecule has 0 aliphatic carbocycles. The van der Waals surface area contributed by atoms with E-state index in [1.54, 1.807) is 6.21 Å². The fourth-order valence-electron chi connectivity index (χ4n) is 1.08. The molecule has 0 spiro atoms. The van der Waals surface area contributed by atoms with Gasteiger partial charge in [0.15, 0.2) is 0 Å². The number of rotatable bonds is 8. The van der Waals surface area contributed by atoms with Gasteiger partial charge in [-0.2, -0.15) is 5.10 Å². The topological polar surface area (TPSA) is 41.5 Å². The number of amides is 1. The van der Waals surface area contributed by atoms with E-state index in [-0.39, 0.29) is 5.91 Å². The van der Waals surface area contributed by atoms with E-state index in [2.05, 4.69) is 24.4 Å². The minimum atomic E-state index is 0.0356. The Morgan fingerprint density at radius 2 is 2.00 bits per heavy atom. The molecule has 0 saturated heterocycles. The molecule has 0 atom stereocenters. The number of carbonyl (C=O) groups is 1. The molecule has 0 aliphatic heterocycles. The maximum absolute atomic E-state index is 11.1. The van der Waals surface area contributed by atoms with Gasteiger partial charge in [-0.1, -0.05) is 39.5 Å². The summed E-state index contributed by atoms with van der Waals surface area (Å²) in [7, 11) is 0. The summed E-state index contributed by atoms with van der Waals surface area (Å²) in [4.78, 5) is 11.1. The molecule has 3 nitrogen and oxygen atoms in total. The monoisotopic (exact) mass is 198 g/mol. The van der Waals surface area contributed by atoms with Crippen LogP contribution in [0.25, 0.3) is 0 Å². The van der Waals surface area contributed by atoms with E-state index in [9.17, 15) is 4.79 Å². The van der Waals surface area contributed by atoms with Crippen molar-refractivity contribution in [2.45, 2.75) is 58.8 Å². The van der Waals surface area contributed by atoms with E-state index >= 15 is 0 Å². The molecule has 1 amide bonds. The van der Waals surface area contributed by atoms with Crippen LogP contribution in [0.15, 0.2) is 5.10 Å². The van der Waals surface area contributed by atoms with Gasteiger partial charge in [-0.25, -0.2) is 5.43 Å². The first-order valence-electron chi connectivity index (χ1n) is 5.61. The summed E-state index contributed by atoms with van der Waals surface area (Å²) in [5.74, 6) is 0.0356. The van der Waals surface area contributed by atoms with Crippen LogP contribution in [-0.4, -0.2) is 12.1 Å². The first-order valence-corrected chi connectivity index (χ1v) is 5.61. The Balaban J connectivity index is 3.28. The first kappa shape index (κ1) is 13.1. The summed E-state index contributed by atoms with van der Waals surface area (Å²) in [6.45, 7) is 4.24. The lowest BCUT2D eigenvalue weighted by atomic mass is 10.1. The van der Waals surface area contributed by atoms with Gasteiger partial charge in [0, 0.05) is 12.6 Å². The molecule has 0 bridgehead atoms. The van der Waals surface area contributed by atoms with Gasteiger partial charge in [-0.05, 0) is 12.8 Å². The number of nitrogens with zero attached hydrogens (tertiary/aromatic N) is 1. The zero-order valence-corrected chi connectivity index (χ0v) is 9.38. The number of carbonyl (C=O) groups excluding carboxylic acids is 1. The van der Waals surface area contributed by atoms with Crippen LogP contribution in [0.4, 0.5) is 0 Å². The van der Waals surface area contributed by atoms with Crippen molar-refractivity contribution in [2.75, 3.05) is 0 Å². The van der Waals surface area contributed by atoms with Crippen LogP contribution in [0.5, 0.6) is 0 Å². The van der Waals surface area contributed by atoms with Gasteiger partial charge < -0.3 is 0 Å². The highest BCUT2D eigenvalue weighted by Crippen LogP contribution is 2.01. The van der Waals surface area contributed by atoms with E-state index in [1.807, 2.05) is 0 Å². The number of unbranched alkanes of at least 4 members (excludes halogenated alkanes) is 4. The molecule has 0 unspecified atom stereocenters. The predicted octanol–water partition coefficient (Wildman–Crippen LogP) is 2.86. The molecule has 0 aromatic heterocycles. The Kier molecular flexibility index (Phi) is 9.59. The molecule has 0 aromatic carbocycles. The molecule has 0 saturated carbocycles. The molecule has 0 rings (SSSR count). The maximum Gasteiger partial charge on any atom is 0.240 e. The number of hydrazone groups is 1. The van der Waals surface area contributed by atoms with Gasteiger partial charge in [0.1, 0.15) is 0 Å². The van der Waals surface area contributed by atoms with Crippen LogP contribution in [0, 0.1) is 0 Å². The van der Waals surface area contributed by atoms with E-state index < -0.39 is 0 Å². The molecule has 0 radical (unpaired) electrons. The minimum absolute atomic E-state index is 0.0356. The summed E-state index contributed by atoms with van der Waals surface area (Å²) in [6, 6.07) is 0. The highest BCUT2D eigenvalue weighted by molar-refractivity contribution is 5.76. The van der Waals surface area contributed by atoms with Crippen molar-refractivity contribution in [2.24, 2.45) is 5.10 Å². The fraction of sp³-hybridized carbons (Fsp3) is 0.818. The third-order valence-corrected chi connectivity index (χ3v) is 1.96. The summed E-state index contributed by atoms with van der Waals surface area (Å²) in [6.07, 6.45) is 8.88. The number of hydrogen-bond acceptors (Lipinski definition) is 2. The molecule has 14 heavy (non-hydrogen) atoms. The molecule has 3 heteroatoms. The smallest absolute Gasteiger partial charge is 0.240 e. The van der Waals surface area contributed by atoms with Crippen LogP contribution in [-0.2, 0) is 4.79 Å². The standard InChI is InChI=1S/C11H22N2O/c1-3-5-7-8-9-11(14)13-12-10-6-4-2/h10H,3-9H2,1-2H3,(H,13,14)/b12-10+. The highest BCUT2D eigenvalue weighted by Gasteiger charge is 1.97. The van der Waals surface area contributed by atoms with Gasteiger partial charge >= 0.3 is 0 Å². The molecular weight excluding hydrogens is 176 g/mol. The average molecular weight is 198 g/mol. The van der Waals surface area contributed by atoms with E-state index in [0.29, 0.717) is 6.42 Å². The fourth-order valence-corrected chi connectivity index (χ4v) is 1.08. The lowest BCUT2D eigenvalue weighted by Crippen LogP contribution is -2.16. The van der Waals surface area contributed by atoms with Gasteiger partial charge in [0.05, 0.1) is 0 Å². The molecular formula is C11H22N2O. The van der Waals surface area contributed by atoms with Crippen molar-refractivity contribution in [1.82, 2.24) is 5.43 Å². The Hall–Kier alpha value is -0.860. The van der Waals surface area contributed by atoms with Crippen LogP contribution < -0.4 is 5.43 Å². The molecule has 0 aliphatic rings. The largest absolute Gasteiger partial charge is 0.273 e. The molecule has 0 heterocycles. The van der Waals surface area contributed by atoms with Crippen LogP contribution in [0.1, 0.15) is 58.8 Å². The Bertz CT molecular complexity index is 167. The van der Waals surface area contributed by atoms with Gasteiger partial charge in [-0.3, -0.25) is 4.79 Å². The number of hydrogen-bond donors (Lipinski definition) is 1. The van der Waals surface area contributed by atoms with E-state index in [1.165, 1.54) is 12.8 Å². The van der Waals surface area contributed by atoms with Crippen molar-refractivity contribution in [3.05, 3.63) is 0 Å². The normalized spacial score (nSPS) is 10.7. The van der Waals surface area contributed by atoms with Crippen LogP contribution >= 0.6 is 0 Å². The summed E-state index contributed by atoms with van der Waals surface area (Å²) >= 11 is 0. The Labute approximate surface area is 87.0 Å². The van der Waals surface area contributed by atoms with Crippen molar-refractivity contribution < 1.29 is 4.79 Å². The Morgan fingerprint density at radius 1 is 1.21 bits per heavy atom. The second kappa shape index (κ2) is 10.2. The zero-order valence-electron chi connectivity index (χ0n) is 9.38. The van der Waals surface area contributed by atoms with Crippen LogP contribution in [0.2, 0.25) is 0 Å². The second-order valence-corrected chi connectivity index (χ2v) is 3.45. The van der Waals surface area contributed by atoms with Crippen molar-refractivity contribution in [1.29, 1.82) is 0 Å². The Morgan fingerprint density at radius 3 is 2.64 bits per heavy atom. The molecule has 82 valence electrons. The quantitative estimate of drug-likeness (QED) is 0.364. The van der Waals surface area contributed by atoms with E-state index in [4.69, 9.17) is 0 Å². The van der Waals surface area contributed by atoms with Gasteiger partial charge in [-0.15, -0.1) is 0 Å². The lowest BCUT2D eigenvalue weighted by molar-refractivity contribution is -0.121. The highest BCUT2D eigenvalue weighted by atomic mass is 16.2. The summed E-state index contributed by atoms with van der Waals surface area (Å²) in [5.41, 5.74) is 2.52. The molecule has 0 fully saturated rings. The van der Waals surface area contributed by atoms with Crippen molar-refractivity contribution in [3.8, 4) is 0 Å². The molecule has 0 aromatic rings. The summed E-state index contributed by atoms with van der Waals surface area (Å²) < 4.78 is 0.